The van der Waals surface area contributed by atoms with E-state index in [9.17, 15) is 9.90 Å². The van der Waals surface area contributed by atoms with Crippen molar-refractivity contribution >= 4 is 5.97 Å². The van der Waals surface area contributed by atoms with Crippen LogP contribution in [0.2, 0.25) is 0 Å². The molecule has 0 radical (unpaired) electrons. The van der Waals surface area contributed by atoms with E-state index in [1.807, 2.05) is 20.9 Å². The van der Waals surface area contributed by atoms with Crippen molar-refractivity contribution in [3.8, 4) is 0 Å². The summed E-state index contributed by atoms with van der Waals surface area (Å²) >= 11 is 0. The van der Waals surface area contributed by atoms with Crippen molar-refractivity contribution in [1.29, 1.82) is 0 Å². The highest BCUT2D eigenvalue weighted by atomic mass is 16.5. The number of hydrogen-bond acceptors (Lipinski definition) is 4. The maximum Gasteiger partial charge on any atom is 0.308 e. The van der Waals surface area contributed by atoms with Gasteiger partial charge in [0, 0.05) is 24.9 Å². The second-order valence-corrected chi connectivity index (χ2v) is 5.37. The normalized spacial score (nSPS) is 39.1. The molecule has 0 aromatic carbocycles. The van der Waals surface area contributed by atoms with Gasteiger partial charge in [0.15, 0.2) is 0 Å². The molecule has 2 saturated heterocycles. The van der Waals surface area contributed by atoms with E-state index in [0.717, 1.165) is 19.3 Å². The molecule has 2 aliphatic rings. The molecule has 2 bridgehead atoms. The Hall–Kier alpha value is -0.610. The van der Waals surface area contributed by atoms with Gasteiger partial charge in [-0.1, -0.05) is 13.8 Å². The van der Waals surface area contributed by atoms with Gasteiger partial charge in [-0.25, -0.2) is 0 Å². The summed E-state index contributed by atoms with van der Waals surface area (Å²) in [5.74, 6) is -0.189. The summed E-state index contributed by atoms with van der Waals surface area (Å²) in [6.45, 7) is 3.70. The largest absolute Gasteiger partial charge is 0.462 e. The summed E-state index contributed by atoms with van der Waals surface area (Å²) in [4.78, 5) is 13.7. The molecule has 0 aromatic rings. The first-order chi connectivity index (χ1) is 7.49. The Morgan fingerprint density at radius 2 is 2.06 bits per heavy atom. The number of fused-ring (bicyclic) bond motifs is 2. The van der Waals surface area contributed by atoms with Gasteiger partial charge >= 0.3 is 5.97 Å². The van der Waals surface area contributed by atoms with Crippen molar-refractivity contribution in [2.45, 2.75) is 57.4 Å². The second-order valence-electron chi connectivity index (χ2n) is 5.37. The minimum absolute atomic E-state index is 0.00162. The van der Waals surface area contributed by atoms with Crippen LogP contribution < -0.4 is 0 Å². The fourth-order valence-electron chi connectivity index (χ4n) is 2.80. The van der Waals surface area contributed by atoms with Crippen LogP contribution in [0.5, 0.6) is 0 Å². The Balaban J connectivity index is 1.94. The SMILES string of the molecule is CC(C)C(=O)O[C@H]1C[C@H]2C[C@H](O)[C@@H](C1)N2C. The van der Waals surface area contributed by atoms with Gasteiger partial charge in [0.05, 0.1) is 12.0 Å². The third-order valence-electron chi connectivity index (χ3n) is 3.85. The summed E-state index contributed by atoms with van der Waals surface area (Å²) in [5.41, 5.74) is 0. The standard InChI is InChI=1S/C12H21NO3/c1-7(2)12(15)16-9-4-8-5-11(14)10(6-9)13(8)3/h7-11,14H,4-6H2,1-3H3/t8-,9-,10+,11-/m0/s1. The Morgan fingerprint density at radius 3 is 2.62 bits per heavy atom. The zero-order valence-corrected chi connectivity index (χ0v) is 10.2. The van der Waals surface area contributed by atoms with Gasteiger partial charge in [-0.05, 0) is 13.5 Å². The predicted molar refractivity (Wildman–Crippen MR) is 59.9 cm³/mol. The molecule has 0 aromatic heterocycles. The van der Waals surface area contributed by atoms with E-state index >= 15 is 0 Å². The number of carbonyl (C=O) groups is 1. The number of hydrogen-bond donors (Lipinski definition) is 1. The first-order valence-electron chi connectivity index (χ1n) is 6.09. The molecule has 0 aliphatic carbocycles. The highest BCUT2D eigenvalue weighted by Crippen LogP contribution is 2.35. The van der Waals surface area contributed by atoms with Crippen molar-refractivity contribution in [2.24, 2.45) is 5.92 Å². The lowest BCUT2D eigenvalue weighted by atomic mass is 10.00. The molecule has 4 nitrogen and oxygen atoms in total. The number of esters is 1. The lowest BCUT2D eigenvalue weighted by Gasteiger charge is -2.36. The smallest absolute Gasteiger partial charge is 0.308 e. The van der Waals surface area contributed by atoms with Gasteiger partial charge in [0.1, 0.15) is 6.10 Å². The van der Waals surface area contributed by atoms with Crippen LogP contribution in [-0.4, -0.2) is 47.3 Å². The Morgan fingerprint density at radius 1 is 1.38 bits per heavy atom. The summed E-state index contributed by atoms with van der Waals surface area (Å²) < 4.78 is 5.45. The number of nitrogens with zero attached hydrogens (tertiary/aromatic N) is 1. The molecule has 4 atom stereocenters. The molecule has 0 saturated carbocycles. The van der Waals surface area contributed by atoms with Gasteiger partial charge in [-0.3, -0.25) is 9.69 Å². The van der Waals surface area contributed by atoms with E-state index < -0.39 is 0 Å². The van der Waals surface area contributed by atoms with Gasteiger partial charge < -0.3 is 9.84 Å². The number of aliphatic hydroxyl groups excluding tert-OH is 1. The summed E-state index contributed by atoms with van der Waals surface area (Å²) in [7, 11) is 2.05. The Labute approximate surface area is 96.6 Å². The average molecular weight is 227 g/mol. The number of piperidine rings is 1. The quantitative estimate of drug-likeness (QED) is 0.708. The van der Waals surface area contributed by atoms with Crippen LogP contribution in [0.25, 0.3) is 0 Å². The van der Waals surface area contributed by atoms with Crippen LogP contribution in [0.15, 0.2) is 0 Å². The second kappa shape index (κ2) is 4.34. The maximum absolute atomic E-state index is 11.5. The molecular formula is C12H21NO3. The summed E-state index contributed by atoms with van der Waals surface area (Å²) in [6, 6.07) is 0.544. The molecule has 92 valence electrons. The molecule has 4 heteroatoms. The topological polar surface area (TPSA) is 49.8 Å². The van der Waals surface area contributed by atoms with E-state index in [-0.39, 0.29) is 30.1 Å². The number of rotatable bonds is 2. The lowest BCUT2D eigenvalue weighted by Crippen LogP contribution is -2.45. The van der Waals surface area contributed by atoms with Crippen LogP contribution in [0, 0.1) is 5.92 Å². The van der Waals surface area contributed by atoms with E-state index in [1.165, 1.54) is 0 Å². The Bertz CT molecular complexity index is 279. The Kier molecular flexibility index (Phi) is 3.22. The van der Waals surface area contributed by atoms with Crippen molar-refractivity contribution in [1.82, 2.24) is 4.90 Å². The van der Waals surface area contributed by atoms with Crippen LogP contribution >= 0.6 is 0 Å². The lowest BCUT2D eigenvalue weighted by molar-refractivity contribution is -0.156. The highest BCUT2D eigenvalue weighted by molar-refractivity contribution is 5.71. The van der Waals surface area contributed by atoms with Gasteiger partial charge in [-0.15, -0.1) is 0 Å². The van der Waals surface area contributed by atoms with Crippen LogP contribution in [-0.2, 0) is 9.53 Å². The van der Waals surface area contributed by atoms with E-state index in [0.29, 0.717) is 6.04 Å². The van der Waals surface area contributed by atoms with Gasteiger partial charge in [0.2, 0.25) is 0 Å². The first-order valence-corrected chi connectivity index (χ1v) is 6.09. The van der Waals surface area contributed by atoms with E-state index in [2.05, 4.69) is 4.90 Å². The monoisotopic (exact) mass is 227 g/mol. The number of ether oxygens (including phenoxy) is 1. The summed E-state index contributed by atoms with van der Waals surface area (Å²) in [6.07, 6.45) is 2.20. The van der Waals surface area contributed by atoms with E-state index in [4.69, 9.17) is 4.74 Å². The fourth-order valence-corrected chi connectivity index (χ4v) is 2.80. The first kappa shape index (κ1) is 11.9. The molecule has 2 fully saturated rings. The van der Waals surface area contributed by atoms with Crippen molar-refractivity contribution < 1.29 is 14.6 Å². The number of aliphatic hydroxyl groups is 1. The van der Waals surface area contributed by atoms with Crippen molar-refractivity contribution in [3.63, 3.8) is 0 Å². The zero-order chi connectivity index (χ0) is 11.9. The van der Waals surface area contributed by atoms with Crippen LogP contribution in [0.3, 0.4) is 0 Å². The van der Waals surface area contributed by atoms with Gasteiger partial charge in [0.25, 0.3) is 0 Å². The van der Waals surface area contributed by atoms with Crippen LogP contribution in [0.1, 0.15) is 33.1 Å². The third kappa shape index (κ3) is 2.09. The average Bonchev–Trinajstić information content (AvgIpc) is 2.38. The molecular weight excluding hydrogens is 206 g/mol. The van der Waals surface area contributed by atoms with Crippen LogP contribution in [0.4, 0.5) is 0 Å². The summed E-state index contributed by atoms with van der Waals surface area (Å²) in [5, 5.41) is 9.85. The molecule has 2 rings (SSSR count). The van der Waals surface area contributed by atoms with Crippen molar-refractivity contribution in [2.75, 3.05) is 7.05 Å². The molecule has 0 amide bonds. The third-order valence-corrected chi connectivity index (χ3v) is 3.85. The molecule has 16 heavy (non-hydrogen) atoms. The molecule has 1 N–H and O–H groups in total. The zero-order valence-electron chi connectivity index (χ0n) is 10.2. The van der Waals surface area contributed by atoms with Gasteiger partial charge in [-0.2, -0.15) is 0 Å². The number of carbonyl (C=O) groups excluding carboxylic acids is 1. The minimum atomic E-state index is -0.252. The predicted octanol–water partition coefficient (Wildman–Crippen LogP) is 0.782. The molecule has 0 unspecified atom stereocenters. The number of likely N-dealkylation sites (N-methyl/N-ethyl adjacent to an activating group) is 1. The minimum Gasteiger partial charge on any atom is -0.462 e. The molecule has 0 spiro atoms. The highest BCUT2D eigenvalue weighted by Gasteiger charge is 2.45. The van der Waals surface area contributed by atoms with Crippen molar-refractivity contribution in [3.05, 3.63) is 0 Å². The molecule has 2 heterocycles. The maximum atomic E-state index is 11.5. The fraction of sp³-hybridized carbons (Fsp3) is 0.917. The van der Waals surface area contributed by atoms with E-state index in [1.54, 1.807) is 0 Å². The molecule has 2 aliphatic heterocycles.